The van der Waals surface area contributed by atoms with E-state index in [1.807, 2.05) is 5.32 Å². The highest BCUT2D eigenvalue weighted by Crippen LogP contribution is 2.30. The number of urea groups is 1. The summed E-state index contributed by atoms with van der Waals surface area (Å²) in [5.74, 6) is -0.958. The lowest BCUT2D eigenvalue weighted by atomic mass is 10.3. The second-order valence-corrected chi connectivity index (χ2v) is 6.81. The molecule has 0 aliphatic heterocycles. The Morgan fingerprint density at radius 3 is 2.52 bits per heavy atom. The van der Waals surface area contributed by atoms with Gasteiger partial charge in [0.15, 0.2) is 9.84 Å². The monoisotopic (exact) mass is 333 g/mol. The van der Waals surface area contributed by atoms with Gasteiger partial charge in [0.05, 0.1) is 10.7 Å². The van der Waals surface area contributed by atoms with Crippen LogP contribution < -0.4 is 16.4 Å². The maximum atomic E-state index is 12.4. The van der Waals surface area contributed by atoms with Crippen LogP contribution >= 0.6 is 11.6 Å². The number of carbonyl (C=O) groups is 2. The van der Waals surface area contributed by atoms with Gasteiger partial charge in [0.2, 0.25) is 5.91 Å². The molecule has 0 saturated carbocycles. The number of nitrogens with one attached hydrogen (secondary N) is 2. The number of hydrogen-bond donors (Lipinski definition) is 3. The largest absolute Gasteiger partial charge is 0.398 e. The average molecular weight is 334 g/mol. The smallest absolute Gasteiger partial charge is 0.321 e. The second-order valence-electron chi connectivity index (χ2n) is 4.19. The summed E-state index contributed by atoms with van der Waals surface area (Å²) >= 11 is 5.85. The van der Waals surface area contributed by atoms with Gasteiger partial charge in [-0.05, 0) is 26.0 Å². The van der Waals surface area contributed by atoms with Gasteiger partial charge in [-0.2, -0.15) is 0 Å². The number of halogens is 1. The van der Waals surface area contributed by atoms with E-state index >= 15 is 0 Å². The van der Waals surface area contributed by atoms with Gasteiger partial charge >= 0.3 is 6.03 Å². The van der Waals surface area contributed by atoms with Crippen molar-refractivity contribution in [1.29, 1.82) is 0 Å². The molecule has 0 heterocycles. The number of rotatable bonds is 4. The number of benzene rings is 1. The number of amides is 3. The van der Waals surface area contributed by atoms with Crippen LogP contribution in [-0.2, 0) is 14.6 Å². The van der Waals surface area contributed by atoms with Gasteiger partial charge in [0.25, 0.3) is 0 Å². The van der Waals surface area contributed by atoms with E-state index in [9.17, 15) is 18.0 Å². The first-order valence-electron chi connectivity index (χ1n) is 6.08. The summed E-state index contributed by atoms with van der Waals surface area (Å²) in [4.78, 5) is 22.8. The fourth-order valence-corrected chi connectivity index (χ4v) is 3.50. The molecule has 0 aliphatic rings. The van der Waals surface area contributed by atoms with E-state index in [4.69, 9.17) is 17.3 Å². The molecule has 7 nitrogen and oxygen atoms in total. The highest BCUT2D eigenvalue weighted by atomic mass is 35.5. The summed E-state index contributed by atoms with van der Waals surface area (Å²) in [5.41, 5.74) is 5.56. The van der Waals surface area contributed by atoms with Crippen molar-refractivity contribution in [3.8, 4) is 0 Å². The van der Waals surface area contributed by atoms with Gasteiger partial charge in [-0.25, -0.2) is 13.2 Å². The molecule has 1 atom stereocenters. The number of anilines is 1. The van der Waals surface area contributed by atoms with Crippen LogP contribution in [0.4, 0.5) is 10.5 Å². The number of imide groups is 1. The molecule has 0 spiro atoms. The van der Waals surface area contributed by atoms with Crippen molar-refractivity contribution in [2.24, 2.45) is 0 Å². The first-order chi connectivity index (χ1) is 9.71. The molecular weight excluding hydrogens is 318 g/mol. The molecule has 1 unspecified atom stereocenters. The summed E-state index contributed by atoms with van der Waals surface area (Å²) in [6.45, 7) is 3.12. The Bertz CT molecular complexity index is 640. The summed E-state index contributed by atoms with van der Waals surface area (Å²) in [6, 6.07) is 3.46. The van der Waals surface area contributed by atoms with E-state index in [2.05, 4.69) is 5.32 Å². The van der Waals surface area contributed by atoms with Crippen LogP contribution in [0.1, 0.15) is 13.8 Å². The summed E-state index contributed by atoms with van der Waals surface area (Å²) < 4.78 is 24.8. The fourth-order valence-electron chi connectivity index (χ4n) is 1.56. The molecule has 0 radical (unpaired) electrons. The summed E-state index contributed by atoms with van der Waals surface area (Å²) in [7, 11) is -4.11. The molecule has 1 aromatic carbocycles. The predicted molar refractivity (Wildman–Crippen MR) is 79.7 cm³/mol. The molecule has 21 heavy (non-hydrogen) atoms. The van der Waals surface area contributed by atoms with Crippen molar-refractivity contribution in [2.45, 2.75) is 24.0 Å². The molecule has 0 fully saturated rings. The summed E-state index contributed by atoms with van der Waals surface area (Å²) in [6.07, 6.45) is 0. The number of carbonyl (C=O) groups excluding carboxylic acids is 2. The fraction of sp³-hybridized carbons (Fsp3) is 0.333. The second kappa shape index (κ2) is 6.77. The summed E-state index contributed by atoms with van der Waals surface area (Å²) in [5, 5.41) is 2.68. The number of nitrogens with two attached hydrogens (primary N) is 1. The topological polar surface area (TPSA) is 118 Å². The highest BCUT2D eigenvalue weighted by Gasteiger charge is 2.33. The normalized spacial score (nSPS) is 12.5. The SMILES string of the molecule is CCNC(=O)NC(=O)C(C)S(=O)(=O)c1c(N)cccc1Cl. The Balaban J connectivity index is 3.08. The number of sulfone groups is 1. The lowest BCUT2D eigenvalue weighted by Gasteiger charge is -2.15. The van der Waals surface area contributed by atoms with Gasteiger partial charge in [-0.3, -0.25) is 10.1 Å². The lowest BCUT2D eigenvalue weighted by Crippen LogP contribution is -2.45. The lowest BCUT2D eigenvalue weighted by molar-refractivity contribution is -0.119. The van der Waals surface area contributed by atoms with Crippen LogP contribution in [0.3, 0.4) is 0 Å². The first kappa shape index (κ1) is 17.3. The molecule has 0 bridgehead atoms. The van der Waals surface area contributed by atoms with Crippen LogP contribution in [0.5, 0.6) is 0 Å². The van der Waals surface area contributed by atoms with Crippen molar-refractivity contribution in [3.63, 3.8) is 0 Å². The number of hydrogen-bond acceptors (Lipinski definition) is 5. The Kier molecular flexibility index (Phi) is 5.56. The van der Waals surface area contributed by atoms with E-state index in [1.165, 1.54) is 18.2 Å². The Labute approximate surface area is 127 Å². The van der Waals surface area contributed by atoms with Crippen molar-refractivity contribution >= 4 is 39.1 Å². The predicted octanol–water partition coefficient (Wildman–Crippen LogP) is 0.930. The molecule has 1 aromatic rings. The van der Waals surface area contributed by atoms with Crippen molar-refractivity contribution in [3.05, 3.63) is 23.2 Å². The van der Waals surface area contributed by atoms with E-state index in [1.54, 1.807) is 6.92 Å². The zero-order valence-electron chi connectivity index (χ0n) is 11.5. The minimum atomic E-state index is -4.11. The van der Waals surface area contributed by atoms with E-state index in [0.717, 1.165) is 6.92 Å². The Morgan fingerprint density at radius 1 is 1.38 bits per heavy atom. The average Bonchev–Trinajstić information content (AvgIpc) is 2.37. The third-order valence-corrected chi connectivity index (χ3v) is 5.29. The highest BCUT2D eigenvalue weighted by molar-refractivity contribution is 7.93. The third kappa shape index (κ3) is 3.85. The Hall–Kier alpha value is -1.80. The molecule has 1 rings (SSSR count). The van der Waals surface area contributed by atoms with Gasteiger partial charge < -0.3 is 11.1 Å². The quantitative estimate of drug-likeness (QED) is 0.708. The third-order valence-electron chi connectivity index (χ3n) is 2.69. The standard InChI is InChI=1S/C12H16ClN3O4S/c1-3-15-12(18)16-11(17)7(2)21(19,20)10-8(13)5-4-6-9(10)14/h4-7H,3,14H2,1-2H3,(H2,15,16,17,18). The molecule has 0 saturated heterocycles. The molecule has 0 aromatic heterocycles. The minimum absolute atomic E-state index is 0.0554. The number of nitrogen functional groups attached to an aromatic ring is 1. The van der Waals surface area contributed by atoms with Crippen molar-refractivity contribution in [2.75, 3.05) is 12.3 Å². The van der Waals surface area contributed by atoms with Crippen LogP contribution in [0.25, 0.3) is 0 Å². The maximum absolute atomic E-state index is 12.4. The molecule has 3 amide bonds. The van der Waals surface area contributed by atoms with Crippen molar-refractivity contribution in [1.82, 2.24) is 10.6 Å². The zero-order chi connectivity index (χ0) is 16.2. The van der Waals surface area contributed by atoms with Crippen LogP contribution in [0.2, 0.25) is 5.02 Å². The van der Waals surface area contributed by atoms with Gasteiger partial charge in [0.1, 0.15) is 10.1 Å². The van der Waals surface area contributed by atoms with Crippen LogP contribution in [0, 0.1) is 0 Å². The molecule has 4 N–H and O–H groups in total. The molecular formula is C12H16ClN3O4S. The van der Waals surface area contributed by atoms with Crippen LogP contribution in [-0.4, -0.2) is 32.2 Å². The van der Waals surface area contributed by atoms with Gasteiger partial charge in [-0.15, -0.1) is 0 Å². The van der Waals surface area contributed by atoms with E-state index < -0.39 is 27.0 Å². The maximum Gasteiger partial charge on any atom is 0.321 e. The Morgan fingerprint density at radius 2 is 2.00 bits per heavy atom. The zero-order valence-corrected chi connectivity index (χ0v) is 13.1. The van der Waals surface area contributed by atoms with Crippen LogP contribution in [0.15, 0.2) is 23.1 Å². The van der Waals surface area contributed by atoms with Gasteiger partial charge in [-0.1, -0.05) is 17.7 Å². The van der Waals surface area contributed by atoms with Gasteiger partial charge in [0, 0.05) is 6.54 Å². The minimum Gasteiger partial charge on any atom is -0.398 e. The molecule has 9 heteroatoms. The molecule has 116 valence electrons. The molecule has 0 aliphatic carbocycles. The van der Waals surface area contributed by atoms with E-state index in [0.29, 0.717) is 6.54 Å². The first-order valence-corrected chi connectivity index (χ1v) is 8.00. The van der Waals surface area contributed by atoms with Crippen molar-refractivity contribution < 1.29 is 18.0 Å². The van der Waals surface area contributed by atoms with E-state index in [-0.39, 0.29) is 15.6 Å².